The Hall–Kier alpha value is -1.04. The molecule has 0 aromatic heterocycles. The van der Waals surface area contributed by atoms with Crippen LogP contribution < -0.4 is 0 Å². The molecule has 7 heteroatoms. The Labute approximate surface area is 114 Å². The summed E-state index contributed by atoms with van der Waals surface area (Å²) in [6.45, 7) is 1.83. The molecule has 0 fully saturated rings. The molecule has 2 rings (SSSR count). The van der Waals surface area contributed by atoms with Crippen molar-refractivity contribution < 1.29 is 17.9 Å². The number of halogens is 2. The molecular weight excluding hydrogens is 299 g/mol. The predicted molar refractivity (Wildman–Crippen MR) is 67.0 cm³/mol. The number of esters is 1. The number of carbonyl (C=O) groups is 1. The number of aryl methyl sites for hydroxylation is 1. The quantitative estimate of drug-likeness (QED) is 0.787. The minimum Gasteiger partial charge on any atom is -0.435 e. The number of sulfone groups is 1. The van der Waals surface area contributed by atoms with Gasteiger partial charge in [-0.05, 0) is 19.1 Å². The van der Waals surface area contributed by atoms with Crippen molar-refractivity contribution in [2.24, 2.45) is 0 Å². The third-order valence-electron chi connectivity index (χ3n) is 2.44. The van der Waals surface area contributed by atoms with Gasteiger partial charge in [0.1, 0.15) is 10.1 Å². The van der Waals surface area contributed by atoms with Gasteiger partial charge in [0.2, 0.25) is 15.3 Å². The number of hydrogen-bond acceptors (Lipinski definition) is 4. The van der Waals surface area contributed by atoms with Gasteiger partial charge in [-0.25, -0.2) is 13.2 Å². The van der Waals surface area contributed by atoms with Gasteiger partial charge in [0.25, 0.3) is 0 Å². The van der Waals surface area contributed by atoms with Gasteiger partial charge in [0.05, 0.1) is 4.90 Å². The Morgan fingerprint density at radius 3 is 2.17 bits per heavy atom. The lowest BCUT2D eigenvalue weighted by Gasteiger charge is -2.11. The first-order valence-corrected chi connectivity index (χ1v) is 7.21. The van der Waals surface area contributed by atoms with Crippen LogP contribution in [-0.2, 0) is 19.4 Å². The normalized spacial score (nSPS) is 20.2. The lowest BCUT2D eigenvalue weighted by atomic mass is 10.2. The summed E-state index contributed by atoms with van der Waals surface area (Å²) in [7, 11) is -3.89. The molecule has 1 aliphatic heterocycles. The molecule has 1 heterocycles. The molecule has 1 aliphatic rings. The monoisotopic (exact) mass is 306 g/mol. The first kappa shape index (κ1) is 13.4. The second kappa shape index (κ2) is 4.57. The summed E-state index contributed by atoms with van der Waals surface area (Å²) in [5.74, 6) is -0.928. The number of benzene rings is 1. The van der Waals surface area contributed by atoms with Crippen molar-refractivity contribution in [3.63, 3.8) is 0 Å². The molecule has 0 N–H and O–H groups in total. The van der Waals surface area contributed by atoms with E-state index in [1.165, 1.54) is 12.1 Å². The molecule has 4 nitrogen and oxygen atoms in total. The van der Waals surface area contributed by atoms with E-state index in [0.717, 1.165) is 5.56 Å². The molecule has 18 heavy (non-hydrogen) atoms. The molecule has 0 saturated carbocycles. The van der Waals surface area contributed by atoms with E-state index in [1.807, 2.05) is 6.92 Å². The fourth-order valence-electron chi connectivity index (χ4n) is 1.45. The Morgan fingerprint density at radius 2 is 1.72 bits per heavy atom. The SMILES string of the molecule is Cc1ccc(S(=O)(=O)[C@H]2OC(=O)C(Cl)=C2Cl)cc1. The zero-order chi connectivity index (χ0) is 13.5. The maximum absolute atomic E-state index is 12.2. The number of cyclic esters (lactones) is 1. The van der Waals surface area contributed by atoms with Crippen LogP contribution in [0.3, 0.4) is 0 Å². The van der Waals surface area contributed by atoms with Crippen molar-refractivity contribution in [3.8, 4) is 0 Å². The van der Waals surface area contributed by atoms with E-state index in [4.69, 9.17) is 23.2 Å². The summed E-state index contributed by atoms with van der Waals surface area (Å²) < 4.78 is 29.1. The summed E-state index contributed by atoms with van der Waals surface area (Å²) in [5.41, 5.74) is -0.640. The Balaban J connectivity index is 2.45. The lowest BCUT2D eigenvalue weighted by Crippen LogP contribution is -2.22. The molecule has 1 aromatic rings. The Bertz CT molecular complexity index is 632. The highest BCUT2D eigenvalue weighted by atomic mass is 35.5. The number of ether oxygens (including phenoxy) is 1. The van der Waals surface area contributed by atoms with E-state index < -0.39 is 26.3 Å². The van der Waals surface area contributed by atoms with Gasteiger partial charge in [-0.3, -0.25) is 0 Å². The fourth-order valence-corrected chi connectivity index (χ4v) is 3.50. The predicted octanol–water partition coefficient (Wildman–Crippen LogP) is 2.34. The van der Waals surface area contributed by atoms with Crippen molar-refractivity contribution in [2.45, 2.75) is 17.3 Å². The van der Waals surface area contributed by atoms with Gasteiger partial charge < -0.3 is 4.74 Å². The van der Waals surface area contributed by atoms with Crippen LogP contribution in [0.2, 0.25) is 0 Å². The molecule has 1 aromatic carbocycles. The summed E-state index contributed by atoms with van der Waals surface area (Å²) >= 11 is 11.2. The maximum Gasteiger partial charge on any atom is 0.352 e. The minimum atomic E-state index is -3.89. The molecule has 0 amide bonds. The van der Waals surface area contributed by atoms with E-state index in [0.29, 0.717) is 0 Å². The number of hydrogen-bond donors (Lipinski definition) is 0. The van der Waals surface area contributed by atoms with Crippen LogP contribution in [0, 0.1) is 6.92 Å². The highest BCUT2D eigenvalue weighted by Crippen LogP contribution is 2.34. The molecule has 0 bridgehead atoms. The Kier molecular flexibility index (Phi) is 3.40. The molecule has 96 valence electrons. The Morgan fingerprint density at radius 1 is 1.17 bits per heavy atom. The standard InChI is InChI=1S/C11H8Cl2O4S/c1-6-2-4-7(5-3-6)18(15,16)11-9(13)8(12)10(14)17-11/h2-5,11H,1H3/t11-/m1/s1. The molecule has 0 radical (unpaired) electrons. The second-order valence-corrected chi connectivity index (χ2v) is 6.53. The molecule has 1 atom stereocenters. The van der Waals surface area contributed by atoms with Crippen LogP contribution in [-0.4, -0.2) is 19.8 Å². The largest absolute Gasteiger partial charge is 0.435 e. The van der Waals surface area contributed by atoms with Crippen LogP contribution in [0.15, 0.2) is 39.2 Å². The zero-order valence-corrected chi connectivity index (χ0v) is 11.5. The van der Waals surface area contributed by atoms with Crippen molar-refractivity contribution in [1.82, 2.24) is 0 Å². The van der Waals surface area contributed by atoms with Gasteiger partial charge in [-0.1, -0.05) is 40.9 Å². The number of carbonyl (C=O) groups excluding carboxylic acids is 1. The third kappa shape index (κ3) is 2.13. The van der Waals surface area contributed by atoms with Gasteiger partial charge in [-0.15, -0.1) is 0 Å². The van der Waals surface area contributed by atoms with Crippen molar-refractivity contribution in [3.05, 3.63) is 39.9 Å². The van der Waals surface area contributed by atoms with Crippen molar-refractivity contribution in [2.75, 3.05) is 0 Å². The summed E-state index contributed by atoms with van der Waals surface area (Å²) in [6, 6.07) is 6.13. The third-order valence-corrected chi connectivity index (χ3v) is 5.24. The first-order valence-electron chi connectivity index (χ1n) is 4.91. The van der Waals surface area contributed by atoms with Crippen LogP contribution in [0.1, 0.15) is 5.56 Å². The molecule has 0 aliphatic carbocycles. The fraction of sp³-hybridized carbons (Fsp3) is 0.182. The molecule has 0 saturated heterocycles. The van der Waals surface area contributed by atoms with Gasteiger partial charge >= 0.3 is 5.97 Å². The highest BCUT2D eigenvalue weighted by Gasteiger charge is 2.42. The van der Waals surface area contributed by atoms with Crippen LogP contribution in [0.4, 0.5) is 0 Å². The highest BCUT2D eigenvalue weighted by molar-refractivity contribution is 7.92. The summed E-state index contributed by atoms with van der Waals surface area (Å²) in [5, 5.41) is -0.695. The molecule has 0 spiro atoms. The van der Waals surface area contributed by atoms with E-state index >= 15 is 0 Å². The van der Waals surface area contributed by atoms with Crippen LogP contribution in [0.5, 0.6) is 0 Å². The lowest BCUT2D eigenvalue weighted by molar-refractivity contribution is -0.136. The minimum absolute atomic E-state index is 0.0235. The maximum atomic E-state index is 12.2. The van der Waals surface area contributed by atoms with Crippen molar-refractivity contribution >= 4 is 39.0 Å². The topological polar surface area (TPSA) is 60.4 Å². The second-order valence-electron chi connectivity index (χ2n) is 3.76. The average molecular weight is 307 g/mol. The summed E-state index contributed by atoms with van der Waals surface area (Å²) in [4.78, 5) is 11.2. The molecule has 0 unspecified atom stereocenters. The van der Waals surface area contributed by atoms with E-state index in [9.17, 15) is 13.2 Å². The van der Waals surface area contributed by atoms with Crippen molar-refractivity contribution in [1.29, 1.82) is 0 Å². The zero-order valence-electron chi connectivity index (χ0n) is 9.18. The summed E-state index contributed by atoms with van der Waals surface area (Å²) in [6.07, 6.45) is 0. The molecular formula is C11H8Cl2O4S. The average Bonchev–Trinajstić information content (AvgIpc) is 2.58. The van der Waals surface area contributed by atoms with Crippen LogP contribution >= 0.6 is 23.2 Å². The first-order chi connectivity index (χ1) is 8.34. The van der Waals surface area contributed by atoms with Gasteiger partial charge in [-0.2, -0.15) is 0 Å². The van der Waals surface area contributed by atoms with E-state index in [2.05, 4.69) is 4.74 Å². The van der Waals surface area contributed by atoms with Gasteiger partial charge in [0.15, 0.2) is 0 Å². The number of rotatable bonds is 2. The van der Waals surface area contributed by atoms with Gasteiger partial charge in [0, 0.05) is 0 Å². The smallest absolute Gasteiger partial charge is 0.352 e. The van der Waals surface area contributed by atoms with Crippen LogP contribution in [0.25, 0.3) is 0 Å². The van der Waals surface area contributed by atoms with E-state index in [1.54, 1.807) is 12.1 Å². The van der Waals surface area contributed by atoms with E-state index in [-0.39, 0.29) is 9.93 Å².